The molecule has 42 heavy (non-hydrogen) atoms. The molecule has 0 amide bonds. The highest BCUT2D eigenvalue weighted by Gasteiger charge is 2.42. The molecule has 0 spiro atoms. The molecule has 0 bridgehead atoms. The summed E-state index contributed by atoms with van der Waals surface area (Å²) in [4.78, 5) is 4.39. The smallest absolute Gasteiger partial charge is 0.0346 e. The fourth-order valence-corrected chi connectivity index (χ4v) is 6.25. The minimum Gasteiger partial charge on any atom is -0.320 e. The molecule has 2 N–H and O–H groups in total. The lowest BCUT2D eigenvalue weighted by Crippen LogP contribution is -2.25. The number of benzene rings is 2. The fourth-order valence-electron chi connectivity index (χ4n) is 6.25. The molecule has 1 aromatic heterocycles. The van der Waals surface area contributed by atoms with Crippen LogP contribution in [0.4, 0.5) is 0 Å². The summed E-state index contributed by atoms with van der Waals surface area (Å²) in [6, 6.07) is 20.6. The second kappa shape index (κ2) is 19.0. The van der Waals surface area contributed by atoms with Crippen LogP contribution in [0.2, 0.25) is 0 Å². The van der Waals surface area contributed by atoms with Crippen molar-refractivity contribution in [3.63, 3.8) is 0 Å². The molecule has 0 saturated carbocycles. The lowest BCUT2D eigenvalue weighted by Gasteiger charge is -2.33. The molecule has 224 valence electrons. The number of unbranched alkanes of at least 4 members (excludes halogenated alkanes) is 6. The van der Waals surface area contributed by atoms with Gasteiger partial charge in [-0.05, 0) is 105 Å². The monoisotopic (exact) mass is 563 g/mol. The van der Waals surface area contributed by atoms with Gasteiger partial charge in [0.1, 0.15) is 0 Å². The first kappa shape index (κ1) is 33.2. The van der Waals surface area contributed by atoms with Crippen LogP contribution in [0.1, 0.15) is 82.3 Å². The highest BCUT2D eigenvalue weighted by molar-refractivity contribution is 5.83. The van der Waals surface area contributed by atoms with Crippen molar-refractivity contribution in [1.82, 2.24) is 15.6 Å². The molecule has 4 rings (SSSR count). The van der Waals surface area contributed by atoms with Gasteiger partial charge in [0.25, 0.3) is 0 Å². The van der Waals surface area contributed by atoms with Gasteiger partial charge in [-0.3, -0.25) is 4.98 Å². The van der Waals surface area contributed by atoms with Gasteiger partial charge in [0.05, 0.1) is 0 Å². The number of rotatable bonds is 17. The second-order valence-corrected chi connectivity index (χ2v) is 11.3. The van der Waals surface area contributed by atoms with Crippen molar-refractivity contribution in [2.24, 2.45) is 0 Å². The lowest BCUT2D eigenvalue weighted by atomic mass is 9.70. The molecule has 3 aromatic rings. The van der Waals surface area contributed by atoms with E-state index in [0.29, 0.717) is 0 Å². The van der Waals surface area contributed by atoms with E-state index >= 15 is 0 Å². The second-order valence-electron chi connectivity index (χ2n) is 11.3. The van der Waals surface area contributed by atoms with Gasteiger partial charge in [-0.25, -0.2) is 0 Å². The molecule has 0 aliphatic heterocycles. The lowest BCUT2D eigenvalue weighted by molar-refractivity contribution is 0.399. The fraction of sp³-hybridized carbons (Fsp3) is 0.410. The molecule has 2 aromatic carbocycles. The van der Waals surface area contributed by atoms with Crippen molar-refractivity contribution in [3.05, 3.63) is 115 Å². The third-order valence-electron chi connectivity index (χ3n) is 8.37. The van der Waals surface area contributed by atoms with E-state index < -0.39 is 0 Å². The van der Waals surface area contributed by atoms with E-state index in [1.807, 2.05) is 49.7 Å². The summed E-state index contributed by atoms with van der Waals surface area (Å²) in [7, 11) is 4.11. The predicted molar refractivity (Wildman–Crippen MR) is 184 cm³/mol. The number of hydrogen-bond acceptors (Lipinski definition) is 3. The van der Waals surface area contributed by atoms with Gasteiger partial charge >= 0.3 is 0 Å². The third-order valence-corrected chi connectivity index (χ3v) is 8.37. The summed E-state index contributed by atoms with van der Waals surface area (Å²) in [5, 5.41) is 6.59. The maximum Gasteiger partial charge on any atom is 0.0346 e. The minimum absolute atomic E-state index is 0.121. The first-order chi connectivity index (χ1) is 20.7. The van der Waals surface area contributed by atoms with Crippen LogP contribution in [-0.4, -0.2) is 32.2 Å². The molecule has 0 radical (unpaired) electrons. The van der Waals surface area contributed by atoms with E-state index in [0.717, 1.165) is 13.1 Å². The highest BCUT2D eigenvalue weighted by atomic mass is 14.8. The molecule has 3 heteroatoms. The number of nitrogens with zero attached hydrogens (tertiary/aromatic N) is 1. The van der Waals surface area contributed by atoms with Crippen LogP contribution in [0, 0.1) is 0 Å². The Balaban J connectivity index is 0.000000616. The molecule has 0 unspecified atom stereocenters. The summed E-state index contributed by atoms with van der Waals surface area (Å²) in [5.41, 5.74) is 8.62. The average Bonchev–Trinajstić information content (AvgIpc) is 3.31. The molecule has 1 heterocycles. The third kappa shape index (κ3) is 9.37. The van der Waals surface area contributed by atoms with E-state index in [-0.39, 0.29) is 5.41 Å². The Morgan fingerprint density at radius 1 is 0.690 bits per heavy atom. The summed E-state index contributed by atoms with van der Waals surface area (Å²) < 4.78 is 0. The molecule has 1 aliphatic rings. The van der Waals surface area contributed by atoms with Crippen molar-refractivity contribution in [2.75, 3.05) is 27.2 Å². The zero-order chi connectivity index (χ0) is 29.9. The Morgan fingerprint density at radius 3 is 1.98 bits per heavy atom. The molecule has 1 aliphatic carbocycles. The minimum atomic E-state index is 0.121. The van der Waals surface area contributed by atoms with E-state index in [9.17, 15) is 0 Å². The summed E-state index contributed by atoms with van der Waals surface area (Å²) >= 11 is 0. The number of pyridine rings is 1. The van der Waals surface area contributed by atoms with E-state index in [4.69, 9.17) is 0 Å². The standard InChI is InChI=1S/C32H43N3.C7H10/c1-33-21-11-5-3-9-19-32(20-10-4-6-12-22-34-2)30-16-8-7-15-28(30)29-18-17-26(24-31(29)32)27-14-13-23-35-25-27;1-3-5-7-6-4-2/h7-8,13-18,23-25,33-34H,3-6,9-12,19-22H2,1-2H3;3-7H,1H2,2H3/b;6-4-,7-5-. The van der Waals surface area contributed by atoms with Crippen molar-refractivity contribution in [1.29, 1.82) is 0 Å². The van der Waals surface area contributed by atoms with Gasteiger partial charge in [0, 0.05) is 17.8 Å². The maximum absolute atomic E-state index is 4.39. The van der Waals surface area contributed by atoms with E-state index in [1.54, 1.807) is 17.2 Å². The largest absolute Gasteiger partial charge is 0.320 e. The van der Waals surface area contributed by atoms with Crippen LogP contribution in [0.25, 0.3) is 22.3 Å². The van der Waals surface area contributed by atoms with Crippen molar-refractivity contribution < 1.29 is 0 Å². The molecule has 3 nitrogen and oxygen atoms in total. The van der Waals surface area contributed by atoms with Gasteiger partial charge in [-0.2, -0.15) is 0 Å². The Bertz CT molecular complexity index is 1230. The van der Waals surface area contributed by atoms with Gasteiger partial charge in [-0.15, -0.1) is 0 Å². The van der Waals surface area contributed by atoms with Gasteiger partial charge in [0.15, 0.2) is 0 Å². The Hall–Kier alpha value is -3.27. The topological polar surface area (TPSA) is 37.0 Å². The molecule has 0 atom stereocenters. The van der Waals surface area contributed by atoms with Gasteiger partial charge in [-0.1, -0.05) is 118 Å². The summed E-state index contributed by atoms with van der Waals surface area (Å²) in [6.45, 7) is 7.74. The van der Waals surface area contributed by atoms with E-state index in [1.165, 1.54) is 86.5 Å². The van der Waals surface area contributed by atoms with Gasteiger partial charge < -0.3 is 10.6 Å². The van der Waals surface area contributed by atoms with Crippen LogP contribution < -0.4 is 10.6 Å². The van der Waals surface area contributed by atoms with E-state index in [2.05, 4.69) is 84.8 Å². The maximum atomic E-state index is 4.39. The van der Waals surface area contributed by atoms with Crippen molar-refractivity contribution >= 4 is 0 Å². The summed E-state index contributed by atoms with van der Waals surface area (Å²) in [6.07, 6.45) is 26.2. The van der Waals surface area contributed by atoms with Crippen molar-refractivity contribution in [2.45, 2.75) is 76.5 Å². The van der Waals surface area contributed by atoms with Crippen LogP contribution in [0.15, 0.2) is 104 Å². The normalized spacial score (nSPS) is 13.1. The quantitative estimate of drug-likeness (QED) is 0.127. The Labute approximate surface area is 256 Å². The number of allylic oxidation sites excluding steroid dienone is 5. The van der Waals surface area contributed by atoms with Crippen LogP contribution in [0.5, 0.6) is 0 Å². The molecule has 0 fully saturated rings. The Morgan fingerprint density at radius 2 is 1.36 bits per heavy atom. The summed E-state index contributed by atoms with van der Waals surface area (Å²) in [5.74, 6) is 0. The number of nitrogens with one attached hydrogen (secondary N) is 2. The van der Waals surface area contributed by atoms with Crippen LogP contribution in [0.3, 0.4) is 0 Å². The van der Waals surface area contributed by atoms with Crippen LogP contribution >= 0.6 is 0 Å². The Kier molecular flexibility index (Phi) is 15.1. The number of hydrogen-bond donors (Lipinski definition) is 2. The van der Waals surface area contributed by atoms with Crippen LogP contribution in [-0.2, 0) is 5.41 Å². The molecular formula is C39H53N3. The number of aromatic nitrogens is 1. The zero-order valence-corrected chi connectivity index (χ0v) is 26.4. The first-order valence-corrected chi connectivity index (χ1v) is 16.1. The predicted octanol–water partition coefficient (Wildman–Crippen LogP) is 9.66. The number of fused-ring (bicyclic) bond motifs is 3. The zero-order valence-electron chi connectivity index (χ0n) is 26.4. The highest BCUT2D eigenvalue weighted by Crippen LogP contribution is 2.54. The average molecular weight is 564 g/mol. The molecule has 0 saturated heterocycles. The van der Waals surface area contributed by atoms with Crippen molar-refractivity contribution in [3.8, 4) is 22.3 Å². The molecular weight excluding hydrogens is 510 g/mol. The first-order valence-electron chi connectivity index (χ1n) is 16.1. The van der Waals surface area contributed by atoms with Gasteiger partial charge in [0.2, 0.25) is 0 Å². The SMILES string of the molecule is C=C/C=C\C=C/C.CNCCCCCCC1(CCCCCCNC)c2ccccc2-c2ccc(-c3cccnc3)cc21.